The number of nitrogens with zero attached hydrogens (tertiary/aromatic N) is 1. The summed E-state index contributed by atoms with van der Waals surface area (Å²) in [6.45, 7) is 1.27. The van der Waals surface area contributed by atoms with E-state index in [2.05, 4.69) is 5.32 Å². The van der Waals surface area contributed by atoms with Gasteiger partial charge >= 0.3 is 0 Å². The molecule has 0 fully saturated rings. The van der Waals surface area contributed by atoms with Crippen molar-refractivity contribution in [3.8, 4) is 5.75 Å². The molecule has 2 aromatic rings. The van der Waals surface area contributed by atoms with E-state index in [0.717, 1.165) is 18.2 Å². The third-order valence-corrected chi connectivity index (χ3v) is 3.85. The lowest BCUT2D eigenvalue weighted by Crippen LogP contribution is -2.31. The lowest BCUT2D eigenvalue weighted by atomic mass is 10.1. The molecule has 0 aromatic heterocycles. The number of hydrogen-bond acceptors (Lipinski definition) is 4. The summed E-state index contributed by atoms with van der Waals surface area (Å²) in [5, 5.41) is 14.1. The lowest BCUT2D eigenvalue weighted by molar-refractivity contribution is -0.385. The van der Waals surface area contributed by atoms with E-state index in [4.69, 9.17) is 27.9 Å². The van der Waals surface area contributed by atoms with Gasteiger partial charge in [0.2, 0.25) is 0 Å². The molecule has 2 rings (SSSR count). The van der Waals surface area contributed by atoms with Gasteiger partial charge in [0.15, 0.2) is 18.2 Å². The van der Waals surface area contributed by atoms with Crippen LogP contribution in [0.3, 0.4) is 0 Å². The van der Waals surface area contributed by atoms with Gasteiger partial charge in [-0.2, -0.15) is 0 Å². The molecule has 0 saturated carbocycles. The first-order chi connectivity index (χ1) is 11.8. The van der Waals surface area contributed by atoms with Crippen molar-refractivity contribution in [3.63, 3.8) is 0 Å². The number of halogens is 3. The van der Waals surface area contributed by atoms with Crippen LogP contribution in [0.5, 0.6) is 5.75 Å². The highest BCUT2D eigenvalue weighted by atomic mass is 35.5. The SMILES string of the molecule is CC(NC(=O)COc1ccc([N+](=O)[O-])cc1F)c1ccc(Cl)cc1Cl. The standard InChI is InChI=1S/C16H13Cl2FN2O4/c1-9(12-4-2-10(17)6-13(12)18)20-16(22)8-25-15-5-3-11(21(23)24)7-14(15)19/h2-7,9H,8H2,1H3,(H,20,22). The van der Waals surface area contributed by atoms with Gasteiger partial charge in [0.05, 0.1) is 17.0 Å². The summed E-state index contributed by atoms with van der Waals surface area (Å²) in [6.07, 6.45) is 0. The van der Waals surface area contributed by atoms with Crippen molar-refractivity contribution in [1.29, 1.82) is 0 Å². The molecule has 9 heteroatoms. The van der Waals surface area contributed by atoms with Gasteiger partial charge in [0, 0.05) is 16.1 Å². The molecule has 1 N–H and O–H groups in total. The molecule has 0 saturated heterocycles. The first kappa shape index (κ1) is 19.0. The zero-order valence-corrected chi connectivity index (χ0v) is 14.5. The van der Waals surface area contributed by atoms with Crippen LogP contribution in [0.4, 0.5) is 10.1 Å². The maximum Gasteiger partial charge on any atom is 0.272 e. The Bertz CT molecular complexity index is 817. The average Bonchev–Trinajstić information content (AvgIpc) is 2.53. The van der Waals surface area contributed by atoms with E-state index < -0.39 is 35.0 Å². The second kappa shape index (κ2) is 8.13. The molecule has 0 radical (unpaired) electrons. The van der Waals surface area contributed by atoms with Crippen LogP contribution < -0.4 is 10.1 Å². The predicted molar refractivity (Wildman–Crippen MR) is 91.6 cm³/mol. The van der Waals surface area contributed by atoms with E-state index in [1.165, 1.54) is 0 Å². The van der Waals surface area contributed by atoms with Crippen LogP contribution in [0.25, 0.3) is 0 Å². The number of rotatable bonds is 6. The van der Waals surface area contributed by atoms with E-state index in [-0.39, 0.29) is 5.75 Å². The molecule has 0 heterocycles. The molecule has 0 aliphatic rings. The summed E-state index contributed by atoms with van der Waals surface area (Å²) in [4.78, 5) is 21.8. The smallest absolute Gasteiger partial charge is 0.272 e. The van der Waals surface area contributed by atoms with Gasteiger partial charge in [-0.1, -0.05) is 29.3 Å². The molecule has 6 nitrogen and oxygen atoms in total. The molecule has 0 aliphatic heterocycles. The number of carbonyl (C=O) groups excluding carboxylic acids is 1. The monoisotopic (exact) mass is 386 g/mol. The summed E-state index contributed by atoms with van der Waals surface area (Å²) in [5.74, 6) is -1.68. The zero-order valence-electron chi connectivity index (χ0n) is 13.0. The predicted octanol–water partition coefficient (Wildman–Crippen LogP) is 4.30. The van der Waals surface area contributed by atoms with Crippen LogP contribution in [-0.4, -0.2) is 17.4 Å². The van der Waals surface area contributed by atoms with Gasteiger partial charge in [-0.3, -0.25) is 14.9 Å². The summed E-state index contributed by atoms with van der Waals surface area (Å²) in [7, 11) is 0. The van der Waals surface area contributed by atoms with Gasteiger partial charge in [-0.05, 0) is 30.7 Å². The van der Waals surface area contributed by atoms with Gasteiger partial charge in [-0.15, -0.1) is 0 Å². The van der Waals surface area contributed by atoms with Crippen LogP contribution in [0.15, 0.2) is 36.4 Å². The lowest BCUT2D eigenvalue weighted by Gasteiger charge is -2.16. The Hall–Kier alpha value is -2.38. The van der Waals surface area contributed by atoms with Crippen LogP contribution in [-0.2, 0) is 4.79 Å². The van der Waals surface area contributed by atoms with Gasteiger partial charge < -0.3 is 10.1 Å². The van der Waals surface area contributed by atoms with E-state index in [0.29, 0.717) is 15.6 Å². The molecule has 1 amide bonds. The first-order valence-corrected chi connectivity index (χ1v) is 7.84. The topological polar surface area (TPSA) is 81.5 Å². The molecule has 0 aliphatic carbocycles. The highest BCUT2D eigenvalue weighted by Gasteiger charge is 2.15. The molecule has 0 spiro atoms. The fraction of sp³-hybridized carbons (Fsp3) is 0.188. The minimum absolute atomic E-state index is 0.252. The van der Waals surface area contributed by atoms with E-state index in [9.17, 15) is 19.3 Å². The molecular weight excluding hydrogens is 374 g/mol. The number of nitro groups is 1. The number of hydrogen-bond donors (Lipinski definition) is 1. The van der Waals surface area contributed by atoms with Crippen LogP contribution in [0, 0.1) is 15.9 Å². The number of carbonyl (C=O) groups is 1. The average molecular weight is 387 g/mol. The van der Waals surface area contributed by atoms with Crippen molar-refractivity contribution in [2.45, 2.75) is 13.0 Å². The number of nitro benzene ring substituents is 1. The molecule has 0 bridgehead atoms. The highest BCUT2D eigenvalue weighted by molar-refractivity contribution is 6.35. The minimum Gasteiger partial charge on any atom is -0.481 e. The summed E-state index contributed by atoms with van der Waals surface area (Å²) in [5.41, 5.74) is 0.265. The van der Waals surface area contributed by atoms with E-state index >= 15 is 0 Å². The third-order valence-electron chi connectivity index (χ3n) is 3.29. The molecule has 25 heavy (non-hydrogen) atoms. The Labute approximate surface area is 152 Å². The van der Waals surface area contributed by atoms with Crippen molar-refractivity contribution in [2.75, 3.05) is 6.61 Å². The Morgan fingerprint density at radius 2 is 2.04 bits per heavy atom. The third kappa shape index (κ3) is 5.04. The maximum absolute atomic E-state index is 13.7. The number of benzene rings is 2. The summed E-state index contributed by atoms with van der Waals surface area (Å²) < 4.78 is 18.7. The fourth-order valence-electron chi connectivity index (χ4n) is 2.08. The molecular formula is C16H13Cl2FN2O4. The van der Waals surface area contributed by atoms with Crippen LogP contribution >= 0.6 is 23.2 Å². The molecule has 2 aromatic carbocycles. The summed E-state index contributed by atoms with van der Waals surface area (Å²) in [6, 6.07) is 7.39. The minimum atomic E-state index is -0.921. The van der Waals surface area contributed by atoms with Crippen molar-refractivity contribution >= 4 is 34.8 Å². The normalized spacial score (nSPS) is 11.7. The van der Waals surface area contributed by atoms with Crippen LogP contribution in [0.2, 0.25) is 10.0 Å². The fourth-order valence-corrected chi connectivity index (χ4v) is 2.65. The highest BCUT2D eigenvalue weighted by Crippen LogP contribution is 2.26. The Morgan fingerprint density at radius 3 is 2.64 bits per heavy atom. The van der Waals surface area contributed by atoms with Crippen molar-refractivity contribution in [2.24, 2.45) is 0 Å². The van der Waals surface area contributed by atoms with E-state index in [1.807, 2.05) is 0 Å². The Morgan fingerprint density at radius 1 is 1.32 bits per heavy atom. The van der Waals surface area contributed by atoms with Crippen LogP contribution in [0.1, 0.15) is 18.5 Å². The van der Waals surface area contributed by atoms with E-state index in [1.54, 1.807) is 25.1 Å². The van der Waals surface area contributed by atoms with Gasteiger partial charge in [-0.25, -0.2) is 4.39 Å². The van der Waals surface area contributed by atoms with Crippen molar-refractivity contribution < 1.29 is 18.8 Å². The molecule has 132 valence electrons. The number of ether oxygens (including phenoxy) is 1. The zero-order chi connectivity index (χ0) is 18.6. The number of nitrogens with one attached hydrogen (secondary N) is 1. The van der Waals surface area contributed by atoms with Gasteiger partial charge in [0.25, 0.3) is 11.6 Å². The number of amides is 1. The Balaban J connectivity index is 1.95. The maximum atomic E-state index is 13.7. The second-order valence-electron chi connectivity index (χ2n) is 5.12. The van der Waals surface area contributed by atoms with Crippen molar-refractivity contribution in [1.82, 2.24) is 5.32 Å². The largest absolute Gasteiger partial charge is 0.481 e. The molecule has 1 atom stereocenters. The second-order valence-corrected chi connectivity index (χ2v) is 5.96. The van der Waals surface area contributed by atoms with Crippen molar-refractivity contribution in [3.05, 3.63) is 67.9 Å². The Kier molecular flexibility index (Phi) is 6.17. The first-order valence-electron chi connectivity index (χ1n) is 7.09. The van der Waals surface area contributed by atoms with Gasteiger partial charge in [0.1, 0.15) is 0 Å². The number of non-ortho nitro benzene ring substituents is 1. The summed E-state index contributed by atoms with van der Waals surface area (Å²) >= 11 is 11.9. The quantitative estimate of drug-likeness (QED) is 0.592. The molecule has 1 unspecified atom stereocenters.